The Balaban J connectivity index is 1.42. The van der Waals surface area contributed by atoms with E-state index in [4.69, 9.17) is 34.8 Å². The number of hydrogen-bond acceptors (Lipinski definition) is 6. The second-order valence-corrected chi connectivity index (χ2v) is 14.2. The van der Waals surface area contributed by atoms with Crippen molar-refractivity contribution in [3.05, 3.63) is 99.3 Å². The molecule has 2 aliphatic carbocycles. The molecule has 1 N–H and O–H groups in total. The van der Waals surface area contributed by atoms with Crippen molar-refractivity contribution in [1.29, 1.82) is 0 Å². The highest BCUT2D eigenvalue weighted by Gasteiger charge is 2.77. The van der Waals surface area contributed by atoms with E-state index in [0.29, 0.717) is 5.56 Å². The minimum atomic E-state index is -2.81. The molecule has 1 saturated carbocycles. The van der Waals surface area contributed by atoms with E-state index in [1.807, 2.05) is 0 Å². The molecule has 0 radical (unpaired) electrons. The molecule has 6 atom stereocenters. The maximum Gasteiger partial charge on any atom is 0.258 e. The van der Waals surface area contributed by atoms with Crippen molar-refractivity contribution in [2.75, 3.05) is 9.80 Å². The number of halogens is 8. The number of rotatable bonds is 4. The number of carbonyl (C=O) groups excluding carboxylic acids is 5. The first kappa shape index (κ1) is 34.1. The zero-order chi connectivity index (χ0) is 36.4. The fourth-order valence-electron chi connectivity index (χ4n) is 7.77. The van der Waals surface area contributed by atoms with E-state index in [0.717, 1.165) is 11.0 Å². The first-order valence-electron chi connectivity index (χ1n) is 14.9. The number of aromatic hydroxyl groups is 1. The average Bonchev–Trinajstić information content (AvgIpc) is 3.42. The Morgan fingerprint density at radius 1 is 0.820 bits per heavy atom. The van der Waals surface area contributed by atoms with Crippen LogP contribution in [0.1, 0.15) is 41.6 Å². The molecule has 3 aromatic rings. The average molecular weight is 754 g/mol. The lowest BCUT2D eigenvalue weighted by Gasteiger charge is -2.50. The van der Waals surface area contributed by atoms with Crippen LogP contribution in [0.25, 0.3) is 0 Å². The largest absolute Gasteiger partial charge is 0.508 e. The smallest absolute Gasteiger partial charge is 0.258 e. The van der Waals surface area contributed by atoms with Crippen LogP contribution in [0.2, 0.25) is 5.02 Å². The lowest BCUT2D eigenvalue weighted by molar-refractivity contribution is -0.125. The molecule has 8 nitrogen and oxygen atoms in total. The number of phenolic OH excluding ortho intramolecular Hbond substituents is 1. The molecule has 0 aromatic heterocycles. The van der Waals surface area contributed by atoms with Gasteiger partial charge in [-0.05, 0) is 68.1 Å². The molecule has 2 saturated heterocycles. The van der Waals surface area contributed by atoms with Crippen LogP contribution in [0.3, 0.4) is 0 Å². The van der Waals surface area contributed by atoms with Gasteiger partial charge in [0.25, 0.3) is 11.8 Å². The number of carbonyl (C=O) groups is 5. The van der Waals surface area contributed by atoms with Crippen LogP contribution in [0.15, 0.2) is 54.1 Å². The molecular weight excluding hydrogens is 734 g/mol. The fourth-order valence-corrected chi connectivity index (χ4v) is 8.88. The molecule has 0 bridgehead atoms. The van der Waals surface area contributed by atoms with Crippen LogP contribution in [-0.2, 0) is 19.2 Å². The number of alkyl halides is 2. The monoisotopic (exact) mass is 752 g/mol. The van der Waals surface area contributed by atoms with Gasteiger partial charge in [-0.2, -0.15) is 0 Å². The highest BCUT2D eigenvalue weighted by Crippen LogP contribution is 2.67. The van der Waals surface area contributed by atoms with Gasteiger partial charge in [0.15, 0.2) is 38.8 Å². The Morgan fingerprint density at radius 2 is 1.42 bits per heavy atom. The number of Topliss-reactive ketones (excluding diaryl/α,β-unsaturated/α-hetero) is 1. The normalized spacial score (nSPS) is 28.9. The molecule has 258 valence electrons. The Morgan fingerprint density at radius 3 is 2.02 bits per heavy atom. The van der Waals surface area contributed by atoms with Crippen molar-refractivity contribution in [2.45, 2.75) is 35.4 Å². The Labute approximate surface area is 294 Å². The zero-order valence-corrected chi connectivity index (χ0v) is 27.5. The number of anilines is 2. The van der Waals surface area contributed by atoms with Gasteiger partial charge in [-0.1, -0.05) is 23.3 Å². The van der Waals surface area contributed by atoms with Crippen LogP contribution in [-0.4, -0.2) is 44.3 Å². The molecular formula is C34H20Cl3F5N2O6. The third-order valence-electron chi connectivity index (χ3n) is 10.1. The highest BCUT2D eigenvalue weighted by molar-refractivity contribution is 6.58. The number of amides is 4. The number of ketones is 1. The number of allylic oxidation sites excluding steroid dienone is 2. The summed E-state index contributed by atoms with van der Waals surface area (Å²) < 4.78 is 73.1. The molecule has 6 unspecified atom stereocenters. The molecule has 2 heterocycles. The quantitative estimate of drug-likeness (QED) is 0.0603. The summed E-state index contributed by atoms with van der Waals surface area (Å²) in [5.41, 5.74) is -1.53. The van der Waals surface area contributed by atoms with Gasteiger partial charge in [0.2, 0.25) is 17.6 Å². The fraction of sp³-hybridized carbons (Fsp3) is 0.265. The summed E-state index contributed by atoms with van der Waals surface area (Å²) in [6.45, 7) is 1.33. The second-order valence-electron chi connectivity index (χ2n) is 12.5. The van der Waals surface area contributed by atoms with Gasteiger partial charge in [-0.15, -0.1) is 23.2 Å². The first-order valence-corrected chi connectivity index (χ1v) is 16.1. The van der Waals surface area contributed by atoms with Gasteiger partial charge in [0.1, 0.15) is 11.4 Å². The van der Waals surface area contributed by atoms with E-state index in [-0.39, 0.29) is 39.0 Å². The van der Waals surface area contributed by atoms with Crippen LogP contribution in [0.4, 0.5) is 33.3 Å². The molecule has 7 rings (SSSR count). The van der Waals surface area contributed by atoms with Crippen molar-refractivity contribution < 1.29 is 51.0 Å². The lowest BCUT2D eigenvalue weighted by Crippen LogP contribution is -2.60. The number of nitrogens with zero attached hydrogens (tertiary/aromatic N) is 2. The van der Waals surface area contributed by atoms with Crippen molar-refractivity contribution in [3.63, 3.8) is 0 Å². The molecule has 16 heteroatoms. The van der Waals surface area contributed by atoms with Crippen LogP contribution >= 0.6 is 34.8 Å². The van der Waals surface area contributed by atoms with Crippen LogP contribution < -0.4 is 9.80 Å². The standard InChI is InChI=1S/C34H20Cl3F5N2O6/c1-12(45)13-2-5-15(6-3-13)43-29(47)17-8-7-16-19(21(17)30(43)48)11-33(36)31(49)44(28-26(41)24(39)23(38)25(40)27(28)42)32(50)34(33,37)22(16)18-10-14(35)4-9-20(18)46/h2-7,9-10,17,19,21-22,46H,8,11H2,1H3. The highest BCUT2D eigenvalue weighted by atomic mass is 35.5. The SMILES string of the molecule is CC(=O)c1ccc(N2C(=O)C3CC=C4C(CC5(Cl)C(=O)N(c6c(F)c(F)c(F)c(F)c6F)C(=O)C5(Cl)C4c4cc(Cl)ccc4O)C3C2=O)cc1. The molecule has 3 aromatic carbocycles. The number of phenols is 1. The van der Waals surface area contributed by atoms with Gasteiger partial charge < -0.3 is 5.11 Å². The summed E-state index contributed by atoms with van der Waals surface area (Å²) >= 11 is 20.4. The maximum absolute atomic E-state index is 15.2. The number of imide groups is 2. The topological polar surface area (TPSA) is 112 Å². The van der Waals surface area contributed by atoms with Crippen molar-refractivity contribution in [2.24, 2.45) is 17.8 Å². The van der Waals surface area contributed by atoms with Gasteiger partial charge in [0.05, 0.1) is 17.5 Å². The number of benzene rings is 3. The zero-order valence-electron chi connectivity index (χ0n) is 25.2. The van der Waals surface area contributed by atoms with E-state index in [9.17, 15) is 42.3 Å². The van der Waals surface area contributed by atoms with Crippen LogP contribution in [0, 0.1) is 46.8 Å². The molecule has 0 spiro atoms. The third-order valence-corrected chi connectivity index (χ3v) is 11.7. The molecule has 3 fully saturated rings. The summed E-state index contributed by atoms with van der Waals surface area (Å²) in [7, 11) is 0. The van der Waals surface area contributed by atoms with E-state index >= 15 is 8.78 Å². The Hall–Kier alpha value is -4.33. The Bertz CT molecular complexity index is 2120. The van der Waals surface area contributed by atoms with E-state index in [2.05, 4.69) is 0 Å². The number of fused-ring (bicyclic) bond motifs is 4. The molecule has 2 aliphatic heterocycles. The van der Waals surface area contributed by atoms with Gasteiger partial charge in [0, 0.05) is 22.1 Å². The van der Waals surface area contributed by atoms with Crippen molar-refractivity contribution in [1.82, 2.24) is 0 Å². The second kappa shape index (κ2) is 11.3. The Kier molecular flexibility index (Phi) is 7.74. The minimum absolute atomic E-state index is 0.00431. The molecule has 4 amide bonds. The summed E-state index contributed by atoms with van der Waals surface area (Å²) in [5, 5.41) is 11.0. The first-order chi connectivity index (χ1) is 23.5. The predicted octanol–water partition coefficient (Wildman–Crippen LogP) is 6.71. The van der Waals surface area contributed by atoms with E-state index in [1.165, 1.54) is 49.4 Å². The van der Waals surface area contributed by atoms with Crippen molar-refractivity contribution >= 4 is 75.6 Å². The molecule has 4 aliphatic rings. The van der Waals surface area contributed by atoms with E-state index in [1.54, 1.807) is 0 Å². The lowest BCUT2D eigenvalue weighted by atomic mass is 9.56. The van der Waals surface area contributed by atoms with Gasteiger partial charge in [-0.3, -0.25) is 28.9 Å². The summed E-state index contributed by atoms with van der Waals surface area (Å²) in [5.74, 6) is -23.1. The molecule has 50 heavy (non-hydrogen) atoms. The summed E-state index contributed by atoms with van der Waals surface area (Å²) in [4.78, 5) is 63.3. The predicted molar refractivity (Wildman–Crippen MR) is 168 cm³/mol. The van der Waals surface area contributed by atoms with Gasteiger partial charge >= 0.3 is 0 Å². The van der Waals surface area contributed by atoms with Gasteiger partial charge in [-0.25, -0.2) is 26.9 Å². The minimum Gasteiger partial charge on any atom is -0.508 e. The third kappa shape index (κ3) is 4.32. The van der Waals surface area contributed by atoms with Crippen LogP contribution in [0.5, 0.6) is 5.75 Å². The number of hydrogen-bond donors (Lipinski definition) is 1. The summed E-state index contributed by atoms with van der Waals surface area (Å²) in [6, 6.07) is 9.24. The summed E-state index contributed by atoms with van der Waals surface area (Å²) in [6.07, 6.45) is 0.673. The van der Waals surface area contributed by atoms with E-state index < -0.39 is 104 Å². The van der Waals surface area contributed by atoms with Crippen molar-refractivity contribution in [3.8, 4) is 5.75 Å². The maximum atomic E-state index is 15.2.